The van der Waals surface area contributed by atoms with E-state index >= 15 is 0 Å². The SMILES string of the molecule is O[C@@H]1CCN(Cc2nc3ccc(Br)cc3[nH]2)C1. The second-order valence-corrected chi connectivity index (χ2v) is 5.44. The molecular weight excluding hydrogens is 282 g/mol. The van der Waals surface area contributed by atoms with Crippen LogP contribution >= 0.6 is 15.9 Å². The molecule has 1 aromatic heterocycles. The Balaban J connectivity index is 1.81. The molecule has 1 atom stereocenters. The van der Waals surface area contributed by atoms with Gasteiger partial charge < -0.3 is 10.1 Å². The number of rotatable bonds is 2. The summed E-state index contributed by atoms with van der Waals surface area (Å²) in [5, 5.41) is 9.48. The highest BCUT2D eigenvalue weighted by molar-refractivity contribution is 9.10. The van der Waals surface area contributed by atoms with Crippen molar-refractivity contribution < 1.29 is 5.11 Å². The maximum Gasteiger partial charge on any atom is 0.121 e. The zero-order valence-electron chi connectivity index (χ0n) is 9.36. The van der Waals surface area contributed by atoms with Crippen LogP contribution in [0.3, 0.4) is 0 Å². The van der Waals surface area contributed by atoms with Crippen LogP contribution in [-0.4, -0.2) is 39.2 Å². The average Bonchev–Trinajstić information content (AvgIpc) is 2.84. The zero-order valence-corrected chi connectivity index (χ0v) is 10.9. The second kappa shape index (κ2) is 4.40. The number of aliphatic hydroxyl groups is 1. The first-order valence-electron chi connectivity index (χ1n) is 5.75. The minimum absolute atomic E-state index is 0.173. The van der Waals surface area contributed by atoms with Crippen LogP contribution < -0.4 is 0 Å². The van der Waals surface area contributed by atoms with Gasteiger partial charge in [-0.05, 0) is 24.6 Å². The van der Waals surface area contributed by atoms with E-state index in [-0.39, 0.29) is 6.10 Å². The van der Waals surface area contributed by atoms with Crippen LogP contribution in [0.1, 0.15) is 12.2 Å². The summed E-state index contributed by atoms with van der Waals surface area (Å²) < 4.78 is 1.05. The third-order valence-corrected chi connectivity index (χ3v) is 3.61. The van der Waals surface area contributed by atoms with Crippen molar-refractivity contribution in [3.8, 4) is 0 Å². The summed E-state index contributed by atoms with van der Waals surface area (Å²) >= 11 is 3.45. The molecule has 0 bridgehead atoms. The lowest BCUT2D eigenvalue weighted by Gasteiger charge is -2.12. The lowest BCUT2D eigenvalue weighted by atomic mass is 10.3. The summed E-state index contributed by atoms with van der Waals surface area (Å²) in [6.45, 7) is 2.48. The summed E-state index contributed by atoms with van der Waals surface area (Å²) in [4.78, 5) is 10.1. The number of hydrogen-bond acceptors (Lipinski definition) is 3. The quantitative estimate of drug-likeness (QED) is 0.890. The van der Waals surface area contributed by atoms with Gasteiger partial charge in [-0.2, -0.15) is 0 Å². The fourth-order valence-electron chi connectivity index (χ4n) is 2.28. The molecular formula is C12H14BrN3O. The molecule has 4 nitrogen and oxygen atoms in total. The Kier molecular flexibility index (Phi) is 2.90. The van der Waals surface area contributed by atoms with Gasteiger partial charge in [0, 0.05) is 17.6 Å². The maximum absolute atomic E-state index is 9.48. The molecule has 2 N–H and O–H groups in total. The van der Waals surface area contributed by atoms with Gasteiger partial charge in [0.1, 0.15) is 5.82 Å². The van der Waals surface area contributed by atoms with E-state index in [4.69, 9.17) is 0 Å². The number of hydrogen-bond donors (Lipinski definition) is 2. The molecule has 90 valence electrons. The Hall–Kier alpha value is -0.910. The number of fused-ring (bicyclic) bond motifs is 1. The molecule has 0 saturated carbocycles. The van der Waals surface area contributed by atoms with Crippen LogP contribution in [-0.2, 0) is 6.54 Å². The largest absolute Gasteiger partial charge is 0.392 e. The number of halogens is 1. The molecule has 0 amide bonds. The predicted octanol–water partition coefficient (Wildman–Crippen LogP) is 1.89. The Bertz CT molecular complexity index is 540. The highest BCUT2D eigenvalue weighted by atomic mass is 79.9. The van der Waals surface area contributed by atoms with E-state index in [1.165, 1.54) is 0 Å². The van der Waals surface area contributed by atoms with Gasteiger partial charge in [-0.25, -0.2) is 4.98 Å². The van der Waals surface area contributed by atoms with E-state index in [1.807, 2.05) is 18.2 Å². The lowest BCUT2D eigenvalue weighted by Crippen LogP contribution is -2.22. The Morgan fingerprint density at radius 2 is 2.41 bits per heavy atom. The second-order valence-electron chi connectivity index (χ2n) is 4.52. The van der Waals surface area contributed by atoms with Gasteiger partial charge >= 0.3 is 0 Å². The number of nitrogens with one attached hydrogen (secondary N) is 1. The molecule has 5 heteroatoms. The summed E-state index contributed by atoms with van der Waals surface area (Å²) in [6, 6.07) is 6.02. The van der Waals surface area contributed by atoms with Crippen molar-refractivity contribution in [1.82, 2.24) is 14.9 Å². The number of aromatic nitrogens is 2. The number of imidazole rings is 1. The van der Waals surface area contributed by atoms with E-state index in [9.17, 15) is 5.11 Å². The third-order valence-electron chi connectivity index (χ3n) is 3.11. The van der Waals surface area contributed by atoms with Gasteiger partial charge in [0.05, 0.1) is 23.7 Å². The fraction of sp³-hybridized carbons (Fsp3) is 0.417. The van der Waals surface area contributed by atoms with Gasteiger partial charge in [0.15, 0.2) is 0 Å². The molecule has 1 aliphatic heterocycles. The van der Waals surface area contributed by atoms with Gasteiger partial charge in [0.2, 0.25) is 0 Å². The number of aromatic amines is 1. The van der Waals surface area contributed by atoms with Crippen LogP contribution in [0.2, 0.25) is 0 Å². The minimum Gasteiger partial charge on any atom is -0.392 e. The van der Waals surface area contributed by atoms with E-state index in [1.54, 1.807) is 0 Å². The van der Waals surface area contributed by atoms with E-state index in [2.05, 4.69) is 30.8 Å². The van der Waals surface area contributed by atoms with E-state index in [0.717, 1.165) is 47.4 Å². The van der Waals surface area contributed by atoms with Crippen molar-refractivity contribution in [1.29, 1.82) is 0 Å². The number of benzene rings is 1. The molecule has 2 heterocycles. The monoisotopic (exact) mass is 295 g/mol. The van der Waals surface area contributed by atoms with Gasteiger partial charge in [-0.1, -0.05) is 15.9 Å². The minimum atomic E-state index is -0.173. The van der Waals surface area contributed by atoms with Crippen LogP contribution in [0.5, 0.6) is 0 Å². The number of aliphatic hydroxyl groups excluding tert-OH is 1. The van der Waals surface area contributed by atoms with Crippen LogP contribution in [0, 0.1) is 0 Å². The molecule has 0 unspecified atom stereocenters. The first-order valence-corrected chi connectivity index (χ1v) is 6.54. The number of likely N-dealkylation sites (tertiary alicyclic amines) is 1. The Morgan fingerprint density at radius 1 is 1.53 bits per heavy atom. The van der Waals surface area contributed by atoms with Gasteiger partial charge in [0.25, 0.3) is 0 Å². The first kappa shape index (κ1) is 11.2. The van der Waals surface area contributed by atoms with Crippen molar-refractivity contribution in [2.75, 3.05) is 13.1 Å². The molecule has 1 fully saturated rings. The highest BCUT2D eigenvalue weighted by Crippen LogP contribution is 2.19. The average molecular weight is 296 g/mol. The normalized spacial score (nSPS) is 21.4. The molecule has 17 heavy (non-hydrogen) atoms. The molecule has 2 aromatic rings. The van der Waals surface area contributed by atoms with Gasteiger partial charge in [-0.3, -0.25) is 4.90 Å². The topological polar surface area (TPSA) is 52.1 Å². The summed E-state index contributed by atoms with van der Waals surface area (Å²) in [6.07, 6.45) is 0.694. The van der Waals surface area contributed by atoms with Crippen molar-refractivity contribution in [2.45, 2.75) is 19.1 Å². The molecule has 1 aromatic carbocycles. The molecule has 3 rings (SSSR count). The van der Waals surface area contributed by atoms with Crippen LogP contribution in [0.4, 0.5) is 0 Å². The molecule has 0 spiro atoms. The van der Waals surface area contributed by atoms with Crippen LogP contribution in [0.25, 0.3) is 11.0 Å². The van der Waals surface area contributed by atoms with Crippen LogP contribution in [0.15, 0.2) is 22.7 Å². The summed E-state index contributed by atoms with van der Waals surface area (Å²) in [5.41, 5.74) is 2.04. The van der Waals surface area contributed by atoms with Gasteiger partial charge in [-0.15, -0.1) is 0 Å². The van der Waals surface area contributed by atoms with E-state index < -0.39 is 0 Å². The Labute approximate surface area is 108 Å². The maximum atomic E-state index is 9.48. The number of nitrogens with zero attached hydrogens (tertiary/aromatic N) is 2. The van der Waals surface area contributed by atoms with Crippen molar-refractivity contribution >= 4 is 27.0 Å². The predicted molar refractivity (Wildman–Crippen MR) is 69.7 cm³/mol. The molecule has 1 saturated heterocycles. The Morgan fingerprint density at radius 3 is 3.18 bits per heavy atom. The zero-order chi connectivity index (χ0) is 11.8. The first-order chi connectivity index (χ1) is 8.20. The smallest absolute Gasteiger partial charge is 0.121 e. The summed E-state index contributed by atoms with van der Waals surface area (Å²) in [5.74, 6) is 0.965. The third kappa shape index (κ3) is 2.36. The lowest BCUT2D eigenvalue weighted by molar-refractivity contribution is 0.174. The molecule has 0 radical (unpaired) electrons. The van der Waals surface area contributed by atoms with Crippen molar-refractivity contribution in [3.05, 3.63) is 28.5 Å². The number of β-amino-alcohol motifs (C(OH)–C–C–N with tert-alkyl or cyclic N) is 1. The standard InChI is InChI=1S/C12H14BrN3O/c13-8-1-2-10-11(5-8)15-12(14-10)7-16-4-3-9(17)6-16/h1-2,5,9,17H,3-4,6-7H2,(H,14,15)/t9-/m1/s1. The fourth-order valence-corrected chi connectivity index (χ4v) is 2.64. The van der Waals surface area contributed by atoms with Crippen molar-refractivity contribution in [2.24, 2.45) is 0 Å². The molecule has 1 aliphatic rings. The highest BCUT2D eigenvalue weighted by Gasteiger charge is 2.20. The summed E-state index contributed by atoms with van der Waals surface area (Å²) in [7, 11) is 0. The van der Waals surface area contributed by atoms with E-state index in [0.29, 0.717) is 0 Å². The number of H-pyrrole nitrogens is 1. The van der Waals surface area contributed by atoms with Crippen molar-refractivity contribution in [3.63, 3.8) is 0 Å². The molecule has 0 aliphatic carbocycles.